The van der Waals surface area contributed by atoms with Gasteiger partial charge in [0.15, 0.2) is 0 Å². The van der Waals surface area contributed by atoms with E-state index in [-0.39, 0.29) is 5.41 Å². The number of hydrogen-bond acceptors (Lipinski definition) is 3. The van der Waals surface area contributed by atoms with E-state index in [9.17, 15) is 5.11 Å². The number of halogens is 1. The average Bonchev–Trinajstić information content (AvgIpc) is 3.10. The zero-order valence-corrected chi connectivity index (χ0v) is 15.2. The van der Waals surface area contributed by atoms with Crippen molar-refractivity contribution in [2.45, 2.75) is 45.8 Å². The molecule has 0 spiro atoms. The molecule has 4 nitrogen and oxygen atoms in total. The van der Waals surface area contributed by atoms with Gasteiger partial charge in [0.05, 0.1) is 6.54 Å². The Hall–Kier alpha value is -1.65. The van der Waals surface area contributed by atoms with Gasteiger partial charge in [0.2, 0.25) is 0 Å². The highest BCUT2D eigenvalue weighted by molar-refractivity contribution is 6.30. The van der Waals surface area contributed by atoms with Gasteiger partial charge < -0.3 is 5.11 Å². The number of aromatic nitrogens is 3. The van der Waals surface area contributed by atoms with E-state index in [2.05, 4.69) is 36.9 Å². The molecule has 1 fully saturated rings. The van der Waals surface area contributed by atoms with Crippen LogP contribution in [-0.2, 0) is 6.54 Å². The minimum absolute atomic E-state index is 0.238. The van der Waals surface area contributed by atoms with E-state index in [0.717, 1.165) is 24.0 Å². The van der Waals surface area contributed by atoms with Crippen molar-refractivity contribution < 1.29 is 5.11 Å². The largest absolute Gasteiger partial charge is 0.383 e. The van der Waals surface area contributed by atoms with Crippen LogP contribution in [-0.4, -0.2) is 25.5 Å². The summed E-state index contributed by atoms with van der Waals surface area (Å²) in [6.07, 6.45) is 7.24. The molecule has 2 aromatic rings. The van der Waals surface area contributed by atoms with Crippen molar-refractivity contribution in [1.82, 2.24) is 14.8 Å². The molecule has 24 heavy (non-hydrogen) atoms. The van der Waals surface area contributed by atoms with Gasteiger partial charge in [-0.15, -0.1) is 0 Å². The lowest BCUT2D eigenvalue weighted by Crippen LogP contribution is -2.45. The molecule has 1 aliphatic rings. The van der Waals surface area contributed by atoms with Gasteiger partial charge >= 0.3 is 0 Å². The van der Waals surface area contributed by atoms with E-state index in [0.29, 0.717) is 17.5 Å². The molecule has 0 aliphatic heterocycles. The maximum atomic E-state index is 11.7. The Bertz CT molecular complexity index is 722. The summed E-state index contributed by atoms with van der Waals surface area (Å²) in [5.41, 5.74) is 0.939. The van der Waals surface area contributed by atoms with E-state index in [1.807, 2.05) is 24.3 Å². The molecule has 5 heteroatoms. The van der Waals surface area contributed by atoms with Crippen LogP contribution in [0.3, 0.4) is 0 Å². The van der Waals surface area contributed by atoms with Gasteiger partial charge in [0, 0.05) is 5.02 Å². The molecule has 1 N–H and O–H groups in total. The summed E-state index contributed by atoms with van der Waals surface area (Å²) < 4.78 is 1.72. The van der Waals surface area contributed by atoms with Crippen LogP contribution in [0.1, 0.15) is 39.2 Å². The van der Waals surface area contributed by atoms with Gasteiger partial charge in [0.25, 0.3) is 0 Å². The van der Waals surface area contributed by atoms with Gasteiger partial charge in [-0.1, -0.05) is 50.6 Å². The normalized spacial score (nSPS) is 27.7. The summed E-state index contributed by atoms with van der Waals surface area (Å²) in [6, 6.07) is 7.74. The van der Waals surface area contributed by atoms with Crippen LogP contribution >= 0.6 is 11.6 Å². The number of aliphatic hydroxyl groups is 1. The number of rotatable bonds is 4. The third-order valence-corrected chi connectivity index (χ3v) is 5.59. The molecule has 2 unspecified atom stereocenters. The predicted octanol–water partition coefficient (Wildman–Crippen LogP) is 4.20. The van der Waals surface area contributed by atoms with Crippen LogP contribution in [0.4, 0.5) is 0 Å². The molecule has 0 radical (unpaired) electrons. The molecule has 0 saturated heterocycles. The van der Waals surface area contributed by atoms with Crippen LogP contribution < -0.4 is 0 Å². The first-order chi connectivity index (χ1) is 11.4. The number of benzene rings is 1. The fourth-order valence-electron chi connectivity index (χ4n) is 3.82. The van der Waals surface area contributed by atoms with Crippen LogP contribution in [0.25, 0.3) is 6.08 Å². The predicted molar refractivity (Wildman–Crippen MR) is 96.6 cm³/mol. The highest BCUT2D eigenvalue weighted by atomic mass is 35.5. The Morgan fingerprint density at radius 3 is 2.62 bits per heavy atom. The van der Waals surface area contributed by atoms with E-state index >= 15 is 0 Å². The lowest BCUT2D eigenvalue weighted by atomic mass is 9.76. The average molecular weight is 346 g/mol. The summed E-state index contributed by atoms with van der Waals surface area (Å²) in [7, 11) is 0. The quantitative estimate of drug-likeness (QED) is 0.903. The molecule has 1 heterocycles. The zero-order chi connectivity index (χ0) is 17.4. The van der Waals surface area contributed by atoms with E-state index < -0.39 is 5.60 Å². The highest BCUT2D eigenvalue weighted by Crippen LogP contribution is 2.54. The monoisotopic (exact) mass is 345 g/mol. The van der Waals surface area contributed by atoms with Crippen molar-refractivity contribution in [3.05, 3.63) is 53.1 Å². The van der Waals surface area contributed by atoms with Crippen molar-refractivity contribution in [3.63, 3.8) is 0 Å². The topological polar surface area (TPSA) is 50.9 Å². The second kappa shape index (κ2) is 6.34. The SMILES string of the molecule is CCC1CC(C)(C)C(O)(Cn2cncn2)C1=Cc1ccc(Cl)cc1. The lowest BCUT2D eigenvalue weighted by molar-refractivity contribution is -0.0298. The number of nitrogens with zero attached hydrogens (tertiary/aromatic N) is 3. The molecule has 0 bridgehead atoms. The summed E-state index contributed by atoms with van der Waals surface area (Å²) in [5, 5.41) is 16.6. The molecule has 3 rings (SSSR count). The Balaban J connectivity index is 2.05. The second-order valence-electron chi connectivity index (χ2n) is 7.30. The van der Waals surface area contributed by atoms with Gasteiger partial charge in [-0.05, 0) is 47.4 Å². The molecular weight excluding hydrogens is 322 g/mol. The molecule has 128 valence electrons. The van der Waals surface area contributed by atoms with Crippen LogP contribution in [0.15, 0.2) is 42.5 Å². The third-order valence-electron chi connectivity index (χ3n) is 5.34. The maximum Gasteiger partial charge on any atom is 0.137 e. The van der Waals surface area contributed by atoms with E-state index in [1.165, 1.54) is 6.33 Å². The first kappa shape index (κ1) is 17.2. The van der Waals surface area contributed by atoms with E-state index in [1.54, 1.807) is 11.0 Å². The molecule has 1 aliphatic carbocycles. The highest BCUT2D eigenvalue weighted by Gasteiger charge is 2.55. The summed E-state index contributed by atoms with van der Waals surface area (Å²) >= 11 is 5.99. The van der Waals surface area contributed by atoms with E-state index in [4.69, 9.17) is 11.6 Å². The smallest absolute Gasteiger partial charge is 0.137 e. The molecule has 0 amide bonds. The van der Waals surface area contributed by atoms with Gasteiger partial charge in [-0.2, -0.15) is 5.10 Å². The van der Waals surface area contributed by atoms with Gasteiger partial charge in [-0.3, -0.25) is 0 Å². The van der Waals surface area contributed by atoms with Crippen LogP contribution in [0, 0.1) is 11.3 Å². The standard InChI is InChI=1S/C19H24ClN3O/c1-4-15-10-18(2,3)19(24,11-23-13-21-12-22-23)17(15)9-14-5-7-16(20)8-6-14/h5-9,12-13,15,24H,4,10-11H2,1-3H3. The first-order valence-corrected chi connectivity index (χ1v) is 8.76. The minimum atomic E-state index is -0.957. The zero-order valence-electron chi connectivity index (χ0n) is 14.4. The van der Waals surface area contributed by atoms with Gasteiger partial charge in [-0.25, -0.2) is 9.67 Å². The Morgan fingerprint density at radius 2 is 2.04 bits per heavy atom. The summed E-state index contributed by atoms with van der Waals surface area (Å²) in [6.45, 7) is 6.86. The van der Waals surface area contributed by atoms with Crippen molar-refractivity contribution >= 4 is 17.7 Å². The Kier molecular flexibility index (Phi) is 4.54. The molecule has 2 atom stereocenters. The van der Waals surface area contributed by atoms with Crippen LogP contribution in [0.2, 0.25) is 5.02 Å². The second-order valence-corrected chi connectivity index (χ2v) is 7.73. The fourth-order valence-corrected chi connectivity index (χ4v) is 3.94. The first-order valence-electron chi connectivity index (χ1n) is 8.38. The van der Waals surface area contributed by atoms with Crippen molar-refractivity contribution in [2.24, 2.45) is 11.3 Å². The fraction of sp³-hybridized carbons (Fsp3) is 0.474. The summed E-state index contributed by atoms with van der Waals surface area (Å²) in [5.74, 6) is 0.351. The molecular formula is C19H24ClN3O. The molecule has 1 aromatic heterocycles. The van der Waals surface area contributed by atoms with Crippen molar-refractivity contribution in [1.29, 1.82) is 0 Å². The van der Waals surface area contributed by atoms with Crippen molar-refractivity contribution in [2.75, 3.05) is 0 Å². The Labute approximate surface area is 148 Å². The van der Waals surface area contributed by atoms with Crippen molar-refractivity contribution in [3.8, 4) is 0 Å². The molecule has 1 saturated carbocycles. The molecule has 1 aromatic carbocycles. The third kappa shape index (κ3) is 3.01. The van der Waals surface area contributed by atoms with Crippen LogP contribution in [0.5, 0.6) is 0 Å². The lowest BCUT2D eigenvalue weighted by Gasteiger charge is -2.37. The number of hydrogen-bond donors (Lipinski definition) is 1. The maximum absolute atomic E-state index is 11.7. The Morgan fingerprint density at radius 1 is 1.33 bits per heavy atom. The minimum Gasteiger partial charge on any atom is -0.383 e. The summed E-state index contributed by atoms with van der Waals surface area (Å²) in [4.78, 5) is 4.01. The van der Waals surface area contributed by atoms with Gasteiger partial charge in [0.1, 0.15) is 18.3 Å².